The topological polar surface area (TPSA) is 96.2 Å². The van der Waals surface area contributed by atoms with E-state index in [1.54, 1.807) is 24.3 Å². The third-order valence-electron chi connectivity index (χ3n) is 4.89. The van der Waals surface area contributed by atoms with Crippen LogP contribution < -0.4 is 21.7 Å². The maximum absolute atomic E-state index is 12.5. The maximum atomic E-state index is 12.5. The Labute approximate surface area is 142 Å². The molecular weight excluding hydrogens is 304 g/mol. The van der Waals surface area contributed by atoms with Gasteiger partial charge in [-0.25, -0.2) is 4.79 Å². The van der Waals surface area contributed by atoms with Crippen LogP contribution in [0.25, 0.3) is 0 Å². The zero-order valence-electron chi connectivity index (χ0n) is 14.1. The number of benzene rings is 1. The molecule has 1 aromatic carbocycles. The molecule has 3 rings (SSSR count). The minimum atomic E-state index is -0.440. The number of hydrogen-bond donors (Lipinski definition) is 4. The van der Waals surface area contributed by atoms with Crippen LogP contribution in [0.1, 0.15) is 45.4 Å². The quantitative estimate of drug-likeness (QED) is 0.683. The van der Waals surface area contributed by atoms with Gasteiger partial charge in [0.15, 0.2) is 0 Å². The Balaban J connectivity index is 1.55. The first kappa shape index (κ1) is 16.8. The molecule has 0 saturated heterocycles. The van der Waals surface area contributed by atoms with Gasteiger partial charge in [0.05, 0.1) is 5.92 Å². The summed E-state index contributed by atoms with van der Waals surface area (Å²) in [6.07, 6.45) is 5.95. The third kappa shape index (κ3) is 4.26. The highest BCUT2D eigenvalue weighted by Crippen LogP contribution is 2.32. The number of nitrogens with two attached hydrogens (primary N) is 1. The highest BCUT2D eigenvalue weighted by molar-refractivity contribution is 5.94. The lowest BCUT2D eigenvalue weighted by molar-refractivity contribution is -0.122. The van der Waals surface area contributed by atoms with E-state index in [1.165, 1.54) is 0 Å². The molecule has 0 bridgehead atoms. The van der Waals surface area contributed by atoms with Gasteiger partial charge < -0.3 is 21.7 Å². The first-order valence-electron chi connectivity index (χ1n) is 8.71. The van der Waals surface area contributed by atoms with Gasteiger partial charge in [-0.15, -0.1) is 0 Å². The van der Waals surface area contributed by atoms with Crippen LogP contribution in [0.4, 0.5) is 16.2 Å². The first-order chi connectivity index (χ1) is 11.4. The summed E-state index contributed by atoms with van der Waals surface area (Å²) >= 11 is 0. The van der Waals surface area contributed by atoms with E-state index in [0.717, 1.165) is 44.2 Å². The SMILES string of the molecule is CC1(N)CCCCC1C(=O)Nc1ccc(NC(=O)NC2CC2)cc1. The van der Waals surface area contributed by atoms with Crippen LogP contribution in [0.5, 0.6) is 0 Å². The van der Waals surface area contributed by atoms with Crippen LogP contribution in [0.2, 0.25) is 0 Å². The predicted octanol–water partition coefficient (Wildman–Crippen LogP) is 2.82. The molecule has 2 saturated carbocycles. The second-order valence-corrected chi connectivity index (χ2v) is 7.24. The molecule has 0 aromatic heterocycles. The molecular formula is C18H26N4O2. The number of hydrogen-bond acceptors (Lipinski definition) is 3. The van der Waals surface area contributed by atoms with E-state index in [2.05, 4.69) is 16.0 Å². The van der Waals surface area contributed by atoms with Crippen molar-refractivity contribution >= 4 is 23.3 Å². The molecule has 6 heteroatoms. The molecule has 24 heavy (non-hydrogen) atoms. The number of carbonyl (C=O) groups excluding carboxylic acids is 2. The molecule has 0 heterocycles. The van der Waals surface area contributed by atoms with Crippen molar-refractivity contribution in [1.29, 1.82) is 0 Å². The second-order valence-electron chi connectivity index (χ2n) is 7.24. The second kappa shape index (κ2) is 6.81. The summed E-state index contributed by atoms with van der Waals surface area (Å²) in [7, 11) is 0. The Hall–Kier alpha value is -2.08. The van der Waals surface area contributed by atoms with E-state index >= 15 is 0 Å². The van der Waals surface area contributed by atoms with Crippen LogP contribution in [0.15, 0.2) is 24.3 Å². The monoisotopic (exact) mass is 330 g/mol. The van der Waals surface area contributed by atoms with E-state index in [9.17, 15) is 9.59 Å². The van der Waals surface area contributed by atoms with E-state index in [-0.39, 0.29) is 17.9 Å². The Bertz CT molecular complexity index is 608. The highest BCUT2D eigenvalue weighted by Gasteiger charge is 2.37. The summed E-state index contributed by atoms with van der Waals surface area (Å²) in [5, 5.41) is 8.60. The van der Waals surface area contributed by atoms with E-state index < -0.39 is 5.54 Å². The van der Waals surface area contributed by atoms with Crippen LogP contribution in [-0.2, 0) is 4.79 Å². The lowest BCUT2D eigenvalue weighted by Gasteiger charge is -2.37. The number of amides is 3. The number of nitrogens with one attached hydrogen (secondary N) is 3. The zero-order valence-corrected chi connectivity index (χ0v) is 14.1. The van der Waals surface area contributed by atoms with Crippen molar-refractivity contribution in [3.63, 3.8) is 0 Å². The highest BCUT2D eigenvalue weighted by atomic mass is 16.2. The number of rotatable bonds is 4. The largest absolute Gasteiger partial charge is 0.335 e. The molecule has 5 N–H and O–H groups in total. The Morgan fingerprint density at radius 3 is 2.25 bits per heavy atom. The summed E-state index contributed by atoms with van der Waals surface area (Å²) in [5.74, 6) is -0.180. The lowest BCUT2D eigenvalue weighted by atomic mass is 9.74. The first-order valence-corrected chi connectivity index (χ1v) is 8.71. The van der Waals surface area contributed by atoms with Gasteiger partial charge in [0.25, 0.3) is 0 Å². The fourth-order valence-electron chi connectivity index (χ4n) is 3.24. The van der Waals surface area contributed by atoms with Crippen LogP contribution >= 0.6 is 0 Å². The van der Waals surface area contributed by atoms with Crippen molar-refractivity contribution in [3.05, 3.63) is 24.3 Å². The fraction of sp³-hybridized carbons (Fsp3) is 0.556. The Morgan fingerprint density at radius 1 is 1.04 bits per heavy atom. The zero-order chi connectivity index (χ0) is 17.2. The van der Waals surface area contributed by atoms with Gasteiger partial charge in [-0.2, -0.15) is 0 Å². The van der Waals surface area contributed by atoms with Crippen molar-refractivity contribution in [2.75, 3.05) is 10.6 Å². The van der Waals surface area contributed by atoms with Gasteiger partial charge in [0.1, 0.15) is 0 Å². The van der Waals surface area contributed by atoms with Gasteiger partial charge in [-0.1, -0.05) is 12.8 Å². The van der Waals surface area contributed by atoms with E-state index in [4.69, 9.17) is 5.73 Å². The summed E-state index contributed by atoms with van der Waals surface area (Å²) in [5.41, 5.74) is 7.26. The van der Waals surface area contributed by atoms with Crippen LogP contribution in [0.3, 0.4) is 0 Å². The average molecular weight is 330 g/mol. The molecule has 2 aliphatic carbocycles. The molecule has 2 aliphatic rings. The Morgan fingerprint density at radius 2 is 1.67 bits per heavy atom. The standard InChI is InChI=1S/C18H26N4O2/c1-18(19)11-3-2-4-15(18)16(23)20-12-5-7-13(8-6-12)21-17(24)22-14-9-10-14/h5-8,14-15H,2-4,9-11,19H2,1H3,(H,20,23)(H2,21,22,24). The van der Waals surface area contributed by atoms with E-state index in [1.807, 2.05) is 6.92 Å². The third-order valence-corrected chi connectivity index (χ3v) is 4.89. The van der Waals surface area contributed by atoms with Gasteiger partial charge in [-0.3, -0.25) is 4.79 Å². The molecule has 0 aliphatic heterocycles. The van der Waals surface area contributed by atoms with Gasteiger partial charge in [-0.05, 0) is 56.9 Å². The predicted molar refractivity (Wildman–Crippen MR) is 94.8 cm³/mol. The molecule has 6 nitrogen and oxygen atoms in total. The normalized spacial score (nSPS) is 26.5. The Kier molecular flexibility index (Phi) is 4.76. The molecule has 0 spiro atoms. The van der Waals surface area contributed by atoms with Crippen molar-refractivity contribution in [1.82, 2.24) is 5.32 Å². The van der Waals surface area contributed by atoms with Gasteiger partial charge in [0, 0.05) is 23.0 Å². The molecule has 1 aromatic rings. The van der Waals surface area contributed by atoms with Gasteiger partial charge in [0.2, 0.25) is 5.91 Å². The van der Waals surface area contributed by atoms with Gasteiger partial charge >= 0.3 is 6.03 Å². The molecule has 2 atom stereocenters. The molecule has 3 amide bonds. The molecule has 2 unspecified atom stereocenters. The van der Waals surface area contributed by atoms with E-state index in [0.29, 0.717) is 11.7 Å². The maximum Gasteiger partial charge on any atom is 0.319 e. The average Bonchev–Trinajstić information content (AvgIpc) is 3.32. The summed E-state index contributed by atoms with van der Waals surface area (Å²) < 4.78 is 0. The molecule has 130 valence electrons. The molecule has 0 radical (unpaired) electrons. The number of anilines is 2. The van der Waals surface area contributed by atoms with Crippen molar-refractivity contribution < 1.29 is 9.59 Å². The van der Waals surface area contributed by atoms with Crippen LogP contribution in [-0.4, -0.2) is 23.5 Å². The molecule has 2 fully saturated rings. The smallest absolute Gasteiger partial charge is 0.319 e. The van der Waals surface area contributed by atoms with Crippen molar-refractivity contribution in [3.8, 4) is 0 Å². The van der Waals surface area contributed by atoms with Crippen LogP contribution in [0, 0.1) is 5.92 Å². The fourth-order valence-corrected chi connectivity index (χ4v) is 3.24. The number of urea groups is 1. The summed E-state index contributed by atoms with van der Waals surface area (Å²) in [6.45, 7) is 1.96. The number of carbonyl (C=O) groups is 2. The summed E-state index contributed by atoms with van der Waals surface area (Å²) in [6, 6.07) is 7.29. The lowest BCUT2D eigenvalue weighted by Crippen LogP contribution is -2.51. The minimum absolute atomic E-state index is 0.0214. The summed E-state index contributed by atoms with van der Waals surface area (Å²) in [4.78, 5) is 24.2. The minimum Gasteiger partial charge on any atom is -0.335 e. The van der Waals surface area contributed by atoms with Crippen molar-refractivity contribution in [2.24, 2.45) is 11.7 Å². The van der Waals surface area contributed by atoms with Crippen molar-refractivity contribution in [2.45, 2.75) is 57.0 Å².